The summed E-state index contributed by atoms with van der Waals surface area (Å²) < 4.78 is 10.3. The minimum absolute atomic E-state index is 0.371. The Hall–Kier alpha value is -3.64. The van der Waals surface area contributed by atoms with Crippen LogP contribution in [0.15, 0.2) is 78.0 Å². The fraction of sp³-hybridized carbons (Fsp3) is 0.167. The zero-order valence-electron chi connectivity index (χ0n) is 16.4. The minimum Gasteiger partial charge on any atom is -0.465 e. The van der Waals surface area contributed by atoms with Crippen molar-refractivity contribution in [1.82, 2.24) is 0 Å². The van der Waals surface area contributed by atoms with Crippen LogP contribution in [0.5, 0.6) is 0 Å². The second-order valence-corrected chi connectivity index (χ2v) is 7.17. The third kappa shape index (κ3) is 3.21. The van der Waals surface area contributed by atoms with Crippen LogP contribution in [0.1, 0.15) is 38.8 Å². The van der Waals surface area contributed by atoms with Crippen LogP contribution in [0.2, 0.25) is 0 Å². The Morgan fingerprint density at radius 2 is 1.77 bits per heavy atom. The quantitative estimate of drug-likeness (QED) is 0.608. The Morgan fingerprint density at radius 1 is 1.00 bits per heavy atom. The lowest BCUT2D eigenvalue weighted by Gasteiger charge is -2.26. The molecule has 2 aliphatic heterocycles. The van der Waals surface area contributed by atoms with E-state index in [1.165, 1.54) is 18.2 Å². The Kier molecular flexibility index (Phi) is 4.69. The second kappa shape index (κ2) is 7.65. The highest BCUT2D eigenvalue weighted by Gasteiger charge is 2.34. The van der Waals surface area contributed by atoms with Gasteiger partial charge in [0, 0.05) is 16.8 Å². The Bertz CT molecular complexity index is 1110. The summed E-state index contributed by atoms with van der Waals surface area (Å²) in [7, 11) is 1.37. The van der Waals surface area contributed by atoms with Crippen molar-refractivity contribution in [2.45, 2.75) is 19.4 Å². The molecule has 6 nitrogen and oxygen atoms in total. The van der Waals surface area contributed by atoms with Gasteiger partial charge in [0.15, 0.2) is 5.84 Å². The van der Waals surface area contributed by atoms with Crippen LogP contribution in [0.3, 0.4) is 0 Å². The van der Waals surface area contributed by atoms with E-state index in [-0.39, 0.29) is 5.97 Å². The first-order valence-corrected chi connectivity index (χ1v) is 9.71. The van der Waals surface area contributed by atoms with Gasteiger partial charge in [-0.2, -0.15) is 0 Å². The van der Waals surface area contributed by atoms with E-state index >= 15 is 0 Å². The van der Waals surface area contributed by atoms with Crippen LogP contribution in [0, 0.1) is 0 Å². The molecule has 0 N–H and O–H groups in total. The number of carbonyl (C=O) groups excluding carboxylic acids is 1. The highest BCUT2D eigenvalue weighted by atomic mass is 16.7. The maximum Gasteiger partial charge on any atom is 0.337 e. The van der Waals surface area contributed by atoms with E-state index in [0.29, 0.717) is 24.6 Å². The molecule has 0 radical (unpaired) electrons. The Labute approximate surface area is 174 Å². The van der Waals surface area contributed by atoms with E-state index in [2.05, 4.69) is 28.3 Å². The van der Waals surface area contributed by atoms with Crippen LogP contribution in [-0.4, -0.2) is 18.9 Å². The highest BCUT2D eigenvalue weighted by Crippen LogP contribution is 2.36. The average Bonchev–Trinajstić information content (AvgIpc) is 3.46. The van der Waals surface area contributed by atoms with Gasteiger partial charge in [-0.1, -0.05) is 47.6 Å². The number of amidine groups is 1. The van der Waals surface area contributed by atoms with Crippen molar-refractivity contribution in [3.05, 3.63) is 101 Å². The molecule has 0 spiro atoms. The molecule has 2 aliphatic rings. The molecular weight excluding hydrogens is 380 g/mol. The van der Waals surface area contributed by atoms with Gasteiger partial charge in [-0.25, -0.2) is 4.79 Å². The third-order valence-electron chi connectivity index (χ3n) is 5.33. The van der Waals surface area contributed by atoms with Crippen molar-refractivity contribution in [2.75, 3.05) is 12.0 Å². The first kappa shape index (κ1) is 18.4. The number of anilines is 1. The van der Waals surface area contributed by atoms with Gasteiger partial charge in [0.1, 0.15) is 0 Å². The van der Waals surface area contributed by atoms with Crippen LogP contribution < -0.4 is 4.90 Å². The van der Waals surface area contributed by atoms with E-state index in [9.17, 15) is 4.79 Å². The lowest BCUT2D eigenvalue weighted by molar-refractivity contribution is 0.0600. The smallest absolute Gasteiger partial charge is 0.337 e. The van der Waals surface area contributed by atoms with Crippen LogP contribution in [-0.2, 0) is 27.5 Å². The zero-order chi connectivity index (χ0) is 20.5. The molecular formula is C24H20N2O4. The van der Waals surface area contributed by atoms with Crippen molar-refractivity contribution >= 4 is 17.5 Å². The van der Waals surface area contributed by atoms with Gasteiger partial charge >= 0.3 is 5.97 Å². The number of carbonyl (C=O) groups is 1. The van der Waals surface area contributed by atoms with Gasteiger partial charge in [-0.3, -0.25) is 4.90 Å². The van der Waals surface area contributed by atoms with E-state index in [1.807, 2.05) is 42.5 Å². The molecule has 30 heavy (non-hydrogen) atoms. The van der Waals surface area contributed by atoms with Crippen LogP contribution >= 0.6 is 0 Å². The zero-order valence-corrected chi connectivity index (χ0v) is 16.4. The molecule has 6 heteroatoms. The molecule has 150 valence electrons. The number of nitrogens with zero attached hydrogens (tertiary/aromatic N) is 2. The number of hydrogen-bond donors (Lipinski definition) is 0. The lowest BCUT2D eigenvalue weighted by Crippen LogP contribution is -2.31. The second-order valence-electron chi connectivity index (χ2n) is 7.17. The summed E-state index contributed by atoms with van der Waals surface area (Å²) in [6.07, 6.45) is -0.395. The minimum atomic E-state index is -0.395. The molecule has 0 saturated carbocycles. The number of benzene rings is 3. The topological polar surface area (TPSA) is 60.4 Å². The molecule has 1 unspecified atom stereocenters. The van der Waals surface area contributed by atoms with Crippen LogP contribution in [0.25, 0.3) is 0 Å². The lowest BCUT2D eigenvalue weighted by atomic mass is 10.0. The van der Waals surface area contributed by atoms with Gasteiger partial charge in [-0.15, -0.1) is 0 Å². The fourth-order valence-electron chi connectivity index (χ4n) is 3.77. The van der Waals surface area contributed by atoms with E-state index < -0.39 is 6.23 Å². The molecule has 0 aliphatic carbocycles. The van der Waals surface area contributed by atoms with Gasteiger partial charge in [0.2, 0.25) is 6.23 Å². The normalized spacial score (nSPS) is 17.3. The monoisotopic (exact) mass is 400 g/mol. The predicted octanol–water partition coefficient (Wildman–Crippen LogP) is 4.40. The van der Waals surface area contributed by atoms with Gasteiger partial charge in [-0.05, 0) is 41.5 Å². The third-order valence-corrected chi connectivity index (χ3v) is 5.33. The molecule has 5 rings (SSSR count). The number of hydrogen-bond acceptors (Lipinski definition) is 6. The number of para-hydroxylation sites is 1. The summed E-state index contributed by atoms with van der Waals surface area (Å²) in [5.74, 6) is 0.309. The largest absolute Gasteiger partial charge is 0.465 e. The first-order chi connectivity index (χ1) is 14.7. The SMILES string of the molecule is COC(=O)c1ccc(C2=NOC(c3ccc4c(c3)COC4)N2c2ccccc2)cc1. The molecule has 0 bridgehead atoms. The Morgan fingerprint density at radius 3 is 2.53 bits per heavy atom. The van der Waals surface area contributed by atoms with Crippen molar-refractivity contribution in [3.63, 3.8) is 0 Å². The summed E-state index contributed by atoms with van der Waals surface area (Å²) in [4.78, 5) is 19.7. The van der Waals surface area contributed by atoms with Crippen molar-refractivity contribution in [3.8, 4) is 0 Å². The van der Waals surface area contributed by atoms with E-state index in [4.69, 9.17) is 14.3 Å². The number of ether oxygens (including phenoxy) is 2. The molecule has 2 heterocycles. The standard InChI is InChI=1S/C24H20N2O4/c1-28-24(27)17-9-7-16(8-10-17)22-25-30-23(26(22)21-5-3-2-4-6-21)18-11-12-19-14-29-15-20(19)13-18/h2-13,23H,14-15H2,1H3. The van der Waals surface area contributed by atoms with Gasteiger partial charge in [0.25, 0.3) is 0 Å². The summed E-state index contributed by atoms with van der Waals surface area (Å²) in [5.41, 5.74) is 5.70. The maximum absolute atomic E-state index is 11.8. The molecule has 1 atom stereocenters. The number of fused-ring (bicyclic) bond motifs is 1. The average molecular weight is 400 g/mol. The summed E-state index contributed by atoms with van der Waals surface area (Å²) >= 11 is 0. The predicted molar refractivity (Wildman–Crippen MR) is 112 cm³/mol. The number of oxime groups is 1. The summed E-state index contributed by atoms with van der Waals surface area (Å²) in [6, 6.07) is 23.4. The van der Waals surface area contributed by atoms with E-state index in [0.717, 1.165) is 16.8 Å². The molecule has 3 aromatic rings. The number of rotatable bonds is 4. The Balaban J connectivity index is 1.52. The molecule has 3 aromatic carbocycles. The van der Waals surface area contributed by atoms with Crippen LogP contribution in [0.4, 0.5) is 5.69 Å². The van der Waals surface area contributed by atoms with E-state index in [1.54, 1.807) is 12.1 Å². The number of methoxy groups -OCH3 is 1. The summed E-state index contributed by atoms with van der Waals surface area (Å²) in [6.45, 7) is 1.27. The van der Waals surface area contributed by atoms with Gasteiger partial charge in [0.05, 0.1) is 25.9 Å². The highest BCUT2D eigenvalue weighted by molar-refractivity contribution is 6.11. The van der Waals surface area contributed by atoms with Crippen molar-refractivity contribution in [1.29, 1.82) is 0 Å². The van der Waals surface area contributed by atoms with Gasteiger partial charge < -0.3 is 14.3 Å². The fourth-order valence-corrected chi connectivity index (χ4v) is 3.77. The molecule has 0 amide bonds. The maximum atomic E-state index is 11.8. The van der Waals surface area contributed by atoms with Crippen molar-refractivity contribution in [2.24, 2.45) is 5.16 Å². The first-order valence-electron chi connectivity index (χ1n) is 9.71. The summed E-state index contributed by atoms with van der Waals surface area (Å²) in [5, 5.41) is 4.40. The molecule has 0 fully saturated rings. The molecule has 0 aromatic heterocycles. The molecule has 0 saturated heterocycles. The van der Waals surface area contributed by atoms with Crippen molar-refractivity contribution < 1.29 is 19.1 Å². The number of esters is 1.